The van der Waals surface area contributed by atoms with Crippen LogP contribution >= 0.6 is 46.4 Å². The van der Waals surface area contributed by atoms with Crippen molar-refractivity contribution in [1.82, 2.24) is 9.55 Å². The first-order valence-electron chi connectivity index (χ1n) is 7.50. The van der Waals surface area contributed by atoms with Crippen LogP contribution in [0.1, 0.15) is 17.4 Å². The van der Waals surface area contributed by atoms with Gasteiger partial charge in [0.05, 0.1) is 12.9 Å². The molecule has 0 saturated carbocycles. The number of hydrogen-bond acceptors (Lipinski definition) is 2. The van der Waals surface area contributed by atoms with Gasteiger partial charge >= 0.3 is 0 Å². The lowest BCUT2D eigenvalue weighted by molar-refractivity contribution is -0.00918. The van der Waals surface area contributed by atoms with Crippen LogP contribution in [-0.2, 0) is 17.8 Å². The second-order valence-corrected chi connectivity index (χ2v) is 7.14. The summed E-state index contributed by atoms with van der Waals surface area (Å²) in [4.78, 5) is 4.09. The number of halogens is 4. The fourth-order valence-electron chi connectivity index (χ4n) is 2.39. The van der Waals surface area contributed by atoms with Crippen molar-refractivity contribution in [2.24, 2.45) is 0 Å². The van der Waals surface area contributed by atoms with Crippen molar-refractivity contribution < 1.29 is 4.74 Å². The minimum absolute atomic E-state index is 0.284. The van der Waals surface area contributed by atoms with Gasteiger partial charge in [-0.25, -0.2) is 4.98 Å². The lowest BCUT2D eigenvalue weighted by Crippen LogP contribution is -2.15. The Kier molecular flexibility index (Phi) is 6.26. The van der Waals surface area contributed by atoms with Gasteiger partial charge in [0.15, 0.2) is 0 Å². The maximum atomic E-state index is 6.29. The summed E-state index contributed by atoms with van der Waals surface area (Å²) < 4.78 is 7.97. The Hall–Kier alpha value is -1.23. The van der Waals surface area contributed by atoms with Crippen molar-refractivity contribution in [2.75, 3.05) is 0 Å². The predicted octanol–water partition coefficient (Wildman–Crippen LogP) is 6.45. The number of nitrogens with zero attached hydrogens (tertiary/aromatic N) is 2. The predicted molar refractivity (Wildman–Crippen MR) is 103 cm³/mol. The fourth-order valence-corrected chi connectivity index (χ4v) is 3.34. The molecule has 3 aromatic rings. The summed E-state index contributed by atoms with van der Waals surface area (Å²) in [6, 6.07) is 10.8. The summed E-state index contributed by atoms with van der Waals surface area (Å²) >= 11 is 24.4. The highest BCUT2D eigenvalue weighted by Gasteiger charge is 2.15. The Morgan fingerprint density at radius 2 is 1.56 bits per heavy atom. The molecule has 0 fully saturated rings. The number of aromatic nitrogens is 2. The molecule has 3 nitrogen and oxygen atoms in total. The smallest absolute Gasteiger partial charge is 0.139 e. The van der Waals surface area contributed by atoms with Gasteiger partial charge in [-0.05, 0) is 35.4 Å². The minimum atomic E-state index is -0.284. The largest absolute Gasteiger partial charge is 0.353 e. The molecule has 7 heteroatoms. The van der Waals surface area contributed by atoms with Crippen molar-refractivity contribution in [3.63, 3.8) is 0 Å². The third-order valence-electron chi connectivity index (χ3n) is 3.71. The van der Waals surface area contributed by atoms with Gasteiger partial charge in [0.2, 0.25) is 0 Å². The molecule has 0 bridgehead atoms. The number of rotatable bonds is 6. The highest BCUT2D eigenvalue weighted by atomic mass is 35.5. The first kappa shape index (κ1) is 18.6. The van der Waals surface area contributed by atoms with Crippen LogP contribution in [0.3, 0.4) is 0 Å². The maximum absolute atomic E-state index is 6.29. The lowest BCUT2D eigenvalue weighted by Gasteiger charge is -2.20. The van der Waals surface area contributed by atoms with E-state index in [1.165, 1.54) is 0 Å². The van der Waals surface area contributed by atoms with Gasteiger partial charge in [-0.1, -0.05) is 58.5 Å². The lowest BCUT2D eigenvalue weighted by atomic mass is 10.1. The van der Waals surface area contributed by atoms with E-state index in [9.17, 15) is 0 Å². The molecule has 1 heterocycles. The van der Waals surface area contributed by atoms with Crippen molar-refractivity contribution in [3.05, 3.63) is 86.3 Å². The standard InChI is InChI=1S/C18H14Cl4N2O/c19-14-3-1-12(16(21)8-14)7-18(24-6-5-23-11-24)25-10-13-2-4-15(20)9-17(13)22/h1-6,8-9,11,18H,7,10H2/t18-/m0/s1. The summed E-state index contributed by atoms with van der Waals surface area (Å²) in [5.41, 5.74) is 1.80. The third-order valence-corrected chi connectivity index (χ3v) is 4.89. The van der Waals surface area contributed by atoms with Gasteiger partial charge in [0.1, 0.15) is 6.23 Å². The van der Waals surface area contributed by atoms with Gasteiger partial charge < -0.3 is 9.30 Å². The van der Waals surface area contributed by atoms with Crippen molar-refractivity contribution in [3.8, 4) is 0 Å². The molecule has 130 valence electrons. The van der Waals surface area contributed by atoms with E-state index in [1.807, 2.05) is 29.0 Å². The average Bonchev–Trinajstić information content (AvgIpc) is 3.09. The van der Waals surface area contributed by atoms with Crippen LogP contribution in [0.5, 0.6) is 0 Å². The maximum Gasteiger partial charge on any atom is 0.139 e. The van der Waals surface area contributed by atoms with Crippen LogP contribution in [0.15, 0.2) is 55.1 Å². The summed E-state index contributed by atoms with van der Waals surface area (Å²) in [7, 11) is 0. The molecular formula is C18H14Cl4N2O. The van der Waals surface area contributed by atoms with Crippen LogP contribution in [0.4, 0.5) is 0 Å². The van der Waals surface area contributed by atoms with Crippen LogP contribution in [-0.4, -0.2) is 9.55 Å². The zero-order chi connectivity index (χ0) is 17.8. The van der Waals surface area contributed by atoms with E-state index in [0.29, 0.717) is 33.1 Å². The number of hydrogen-bond donors (Lipinski definition) is 0. The Morgan fingerprint density at radius 3 is 2.12 bits per heavy atom. The highest BCUT2D eigenvalue weighted by Crippen LogP contribution is 2.27. The van der Waals surface area contributed by atoms with Gasteiger partial charge in [-0.2, -0.15) is 0 Å². The zero-order valence-corrected chi connectivity index (χ0v) is 16.0. The molecule has 0 aliphatic rings. The Morgan fingerprint density at radius 1 is 0.920 bits per heavy atom. The van der Waals surface area contributed by atoms with E-state index < -0.39 is 0 Å². The van der Waals surface area contributed by atoms with E-state index >= 15 is 0 Å². The van der Waals surface area contributed by atoms with Crippen molar-refractivity contribution in [2.45, 2.75) is 19.3 Å². The molecule has 0 aliphatic heterocycles. The van der Waals surface area contributed by atoms with Gasteiger partial charge in [-0.3, -0.25) is 0 Å². The van der Waals surface area contributed by atoms with Crippen LogP contribution in [0.25, 0.3) is 0 Å². The molecule has 3 rings (SSSR count). The number of benzene rings is 2. The molecule has 0 spiro atoms. The second kappa shape index (κ2) is 8.43. The zero-order valence-electron chi connectivity index (χ0n) is 13.0. The van der Waals surface area contributed by atoms with Gasteiger partial charge in [-0.15, -0.1) is 0 Å². The summed E-state index contributed by atoms with van der Waals surface area (Å²) in [6.07, 6.45) is 5.54. The highest BCUT2D eigenvalue weighted by molar-refractivity contribution is 6.35. The first-order chi connectivity index (χ1) is 12.0. The summed E-state index contributed by atoms with van der Waals surface area (Å²) in [6.45, 7) is 0.337. The third kappa shape index (κ3) is 4.90. The van der Waals surface area contributed by atoms with Crippen molar-refractivity contribution in [1.29, 1.82) is 0 Å². The molecule has 1 aromatic heterocycles. The van der Waals surface area contributed by atoms with E-state index in [0.717, 1.165) is 11.1 Å². The van der Waals surface area contributed by atoms with Gasteiger partial charge in [0.25, 0.3) is 0 Å². The SMILES string of the molecule is Clc1ccc(CO[C@@H](Cc2ccc(Cl)cc2Cl)n2ccnc2)c(Cl)c1. The van der Waals surface area contributed by atoms with E-state index in [2.05, 4.69) is 4.98 Å². The molecule has 0 radical (unpaired) electrons. The fraction of sp³-hybridized carbons (Fsp3) is 0.167. The monoisotopic (exact) mass is 414 g/mol. The summed E-state index contributed by atoms with van der Waals surface area (Å²) in [5.74, 6) is 0. The quantitative estimate of drug-likeness (QED) is 0.462. The first-order valence-corrected chi connectivity index (χ1v) is 9.01. The topological polar surface area (TPSA) is 27.1 Å². The van der Waals surface area contributed by atoms with E-state index in [1.54, 1.807) is 30.7 Å². The average molecular weight is 416 g/mol. The molecule has 0 saturated heterocycles. The van der Waals surface area contributed by atoms with Gasteiger partial charge in [0, 0.05) is 38.9 Å². The number of imidazole rings is 1. The summed E-state index contributed by atoms with van der Waals surface area (Å²) in [5, 5.41) is 2.36. The molecule has 0 aliphatic carbocycles. The Labute approximate surface area is 166 Å². The number of ether oxygens (including phenoxy) is 1. The normalized spacial score (nSPS) is 12.3. The molecule has 0 N–H and O–H groups in total. The molecule has 25 heavy (non-hydrogen) atoms. The minimum Gasteiger partial charge on any atom is -0.353 e. The molecular weight excluding hydrogens is 402 g/mol. The molecule has 0 unspecified atom stereocenters. The second-order valence-electron chi connectivity index (χ2n) is 5.45. The molecule has 0 amide bonds. The molecule has 2 aromatic carbocycles. The Bertz CT molecular complexity index is 852. The van der Waals surface area contributed by atoms with Crippen molar-refractivity contribution >= 4 is 46.4 Å². The van der Waals surface area contributed by atoms with E-state index in [-0.39, 0.29) is 6.23 Å². The van der Waals surface area contributed by atoms with Crippen LogP contribution in [0.2, 0.25) is 20.1 Å². The van der Waals surface area contributed by atoms with E-state index in [4.69, 9.17) is 51.1 Å². The van der Waals surface area contributed by atoms with Crippen LogP contribution < -0.4 is 0 Å². The van der Waals surface area contributed by atoms with Crippen LogP contribution in [0, 0.1) is 0 Å². The Balaban J connectivity index is 1.78. The molecule has 1 atom stereocenters.